The SMILES string of the molecule is CCc1nn(Cc2ccc(-c3ccccc3-c3nnn[nH]3)cc2)c(=NC(=O)c2cccc(C(F)(F)F)c2)s1. The lowest BCUT2D eigenvalue weighted by atomic mass is 9.98. The molecule has 2 heterocycles. The minimum Gasteiger partial charge on any atom is -0.267 e. The molecule has 1 N–H and O–H groups in total. The first kappa shape index (κ1) is 25.2. The van der Waals surface area contributed by atoms with Gasteiger partial charge in [0.15, 0.2) is 5.82 Å². The molecule has 0 spiro atoms. The number of halogens is 3. The van der Waals surface area contributed by atoms with Crippen LogP contribution in [0.1, 0.15) is 33.4 Å². The topological polar surface area (TPSA) is 102 Å². The summed E-state index contributed by atoms with van der Waals surface area (Å²) in [5, 5.41) is 19.4. The van der Waals surface area contributed by atoms with Crippen molar-refractivity contribution >= 4 is 17.2 Å². The molecule has 192 valence electrons. The van der Waals surface area contributed by atoms with Crippen LogP contribution in [0.15, 0.2) is 77.8 Å². The minimum absolute atomic E-state index is 0.136. The number of carbonyl (C=O) groups is 1. The van der Waals surface area contributed by atoms with Crippen LogP contribution in [0.5, 0.6) is 0 Å². The van der Waals surface area contributed by atoms with Crippen molar-refractivity contribution in [3.8, 4) is 22.5 Å². The van der Waals surface area contributed by atoms with Gasteiger partial charge in [-0.15, -0.1) is 5.10 Å². The molecule has 0 radical (unpaired) electrons. The quantitative estimate of drug-likeness (QED) is 0.324. The maximum atomic E-state index is 13.1. The summed E-state index contributed by atoms with van der Waals surface area (Å²) in [4.78, 5) is 17.2. The van der Waals surface area contributed by atoms with Crippen LogP contribution < -0.4 is 4.80 Å². The number of tetrazole rings is 1. The Morgan fingerprint density at radius 2 is 1.79 bits per heavy atom. The van der Waals surface area contributed by atoms with Gasteiger partial charge in [-0.25, -0.2) is 9.78 Å². The summed E-state index contributed by atoms with van der Waals surface area (Å²) >= 11 is 1.23. The molecule has 5 aromatic rings. The number of rotatable bonds is 6. The zero-order valence-corrected chi connectivity index (χ0v) is 20.8. The first-order valence-electron chi connectivity index (χ1n) is 11.6. The van der Waals surface area contributed by atoms with Gasteiger partial charge in [0.25, 0.3) is 5.91 Å². The van der Waals surface area contributed by atoms with Crippen molar-refractivity contribution in [1.29, 1.82) is 0 Å². The fourth-order valence-electron chi connectivity index (χ4n) is 3.84. The van der Waals surface area contributed by atoms with Crippen molar-refractivity contribution in [2.24, 2.45) is 4.99 Å². The van der Waals surface area contributed by atoms with E-state index in [2.05, 4.69) is 30.7 Å². The second kappa shape index (κ2) is 10.5. The third-order valence-electron chi connectivity index (χ3n) is 5.72. The third kappa shape index (κ3) is 5.44. The molecule has 1 amide bonds. The van der Waals surface area contributed by atoms with E-state index in [9.17, 15) is 18.0 Å². The van der Waals surface area contributed by atoms with Gasteiger partial charge >= 0.3 is 6.18 Å². The van der Waals surface area contributed by atoms with E-state index in [-0.39, 0.29) is 5.56 Å². The van der Waals surface area contributed by atoms with E-state index in [1.54, 1.807) is 4.68 Å². The molecule has 8 nitrogen and oxygen atoms in total. The predicted octanol–water partition coefficient (Wildman–Crippen LogP) is 5.16. The van der Waals surface area contributed by atoms with Crippen LogP contribution in [0.2, 0.25) is 0 Å². The average Bonchev–Trinajstić information content (AvgIpc) is 3.59. The van der Waals surface area contributed by atoms with E-state index in [1.165, 1.54) is 23.5 Å². The Bertz CT molecular complexity index is 1640. The largest absolute Gasteiger partial charge is 0.416 e. The minimum atomic E-state index is -4.55. The van der Waals surface area contributed by atoms with Crippen LogP contribution in [0, 0.1) is 0 Å². The van der Waals surface area contributed by atoms with Gasteiger partial charge in [-0.2, -0.15) is 23.3 Å². The molecule has 0 bridgehead atoms. The lowest BCUT2D eigenvalue weighted by Gasteiger charge is -2.08. The van der Waals surface area contributed by atoms with Gasteiger partial charge in [0.1, 0.15) is 5.01 Å². The number of hydrogen-bond donors (Lipinski definition) is 1. The summed E-state index contributed by atoms with van der Waals surface area (Å²) in [5.74, 6) is -0.198. The van der Waals surface area contributed by atoms with Crippen molar-refractivity contribution < 1.29 is 18.0 Å². The number of aryl methyl sites for hydroxylation is 1. The molecule has 12 heteroatoms. The fraction of sp³-hybridized carbons (Fsp3) is 0.154. The predicted molar refractivity (Wildman–Crippen MR) is 135 cm³/mol. The highest BCUT2D eigenvalue weighted by Gasteiger charge is 2.30. The number of benzene rings is 3. The summed E-state index contributed by atoms with van der Waals surface area (Å²) in [5.41, 5.74) is 2.65. The number of alkyl halides is 3. The Morgan fingerprint density at radius 1 is 1.03 bits per heavy atom. The molecule has 0 unspecified atom stereocenters. The highest BCUT2D eigenvalue weighted by atomic mass is 32.1. The smallest absolute Gasteiger partial charge is 0.267 e. The van der Waals surface area contributed by atoms with Crippen LogP contribution in [-0.2, 0) is 19.1 Å². The van der Waals surface area contributed by atoms with Crippen LogP contribution in [0.3, 0.4) is 0 Å². The zero-order chi connectivity index (χ0) is 26.7. The number of H-pyrrole nitrogens is 1. The number of nitrogens with zero attached hydrogens (tertiary/aromatic N) is 6. The molecule has 0 saturated heterocycles. The summed E-state index contributed by atoms with van der Waals surface area (Å²) in [6.45, 7) is 2.26. The summed E-state index contributed by atoms with van der Waals surface area (Å²) in [6.07, 6.45) is -3.92. The molecule has 38 heavy (non-hydrogen) atoms. The van der Waals surface area contributed by atoms with Gasteiger partial charge in [0.05, 0.1) is 12.1 Å². The Morgan fingerprint density at radius 3 is 2.47 bits per heavy atom. The number of aromatic nitrogens is 6. The molecular weight excluding hydrogens is 515 g/mol. The van der Waals surface area contributed by atoms with Gasteiger partial charge < -0.3 is 0 Å². The second-order valence-corrected chi connectivity index (χ2v) is 9.32. The first-order valence-corrected chi connectivity index (χ1v) is 12.4. The van der Waals surface area contributed by atoms with Crippen molar-refractivity contribution in [2.45, 2.75) is 26.1 Å². The maximum Gasteiger partial charge on any atom is 0.416 e. The Balaban J connectivity index is 1.42. The lowest BCUT2D eigenvalue weighted by molar-refractivity contribution is -0.137. The summed E-state index contributed by atoms with van der Waals surface area (Å²) < 4.78 is 40.8. The molecular formula is C26H20F3N7OS. The van der Waals surface area contributed by atoms with Crippen LogP contribution >= 0.6 is 11.3 Å². The monoisotopic (exact) mass is 535 g/mol. The molecule has 5 rings (SSSR count). The van der Waals surface area contributed by atoms with Gasteiger partial charge in [0.2, 0.25) is 4.80 Å². The lowest BCUT2D eigenvalue weighted by Crippen LogP contribution is -2.19. The standard InChI is InChI=1S/C26H20F3N7OS/c1-2-22-33-36(25(38-22)30-24(37)18-6-5-7-19(14-18)26(27,28)29)15-16-10-12-17(13-11-16)20-8-3-4-9-21(20)23-31-34-35-32-23/h3-14H,2,15H2,1H3,(H,31,32,34,35). The number of nitrogens with one attached hydrogen (secondary N) is 1. The van der Waals surface area contributed by atoms with Crippen molar-refractivity contribution in [2.75, 3.05) is 0 Å². The van der Waals surface area contributed by atoms with E-state index < -0.39 is 17.6 Å². The van der Waals surface area contributed by atoms with E-state index in [0.29, 0.717) is 23.6 Å². The van der Waals surface area contributed by atoms with Crippen molar-refractivity contribution in [3.63, 3.8) is 0 Å². The van der Waals surface area contributed by atoms with Crippen LogP contribution in [0.4, 0.5) is 13.2 Å². The second-order valence-electron chi connectivity index (χ2n) is 8.28. The molecule has 0 atom stereocenters. The summed E-state index contributed by atoms with van der Waals surface area (Å²) in [7, 11) is 0. The van der Waals surface area contributed by atoms with Gasteiger partial charge in [0, 0.05) is 11.1 Å². The zero-order valence-electron chi connectivity index (χ0n) is 20.0. The number of aromatic amines is 1. The first-order chi connectivity index (χ1) is 18.3. The van der Waals surface area contributed by atoms with Gasteiger partial charge in [-0.3, -0.25) is 4.79 Å². The Hall–Kier alpha value is -4.45. The normalized spacial score (nSPS) is 12.2. The highest BCUT2D eigenvalue weighted by molar-refractivity contribution is 7.08. The molecule has 2 aromatic heterocycles. The van der Waals surface area contributed by atoms with Gasteiger partial charge in [-0.05, 0) is 51.7 Å². The molecule has 0 saturated carbocycles. The Kier molecular flexibility index (Phi) is 6.97. The Labute approximate surface area is 218 Å². The molecule has 0 fully saturated rings. The third-order valence-corrected chi connectivity index (χ3v) is 6.81. The highest BCUT2D eigenvalue weighted by Crippen LogP contribution is 2.30. The van der Waals surface area contributed by atoms with E-state index in [0.717, 1.165) is 39.4 Å². The summed E-state index contributed by atoms with van der Waals surface area (Å²) in [6, 6.07) is 19.8. The molecule has 0 aliphatic carbocycles. The fourth-order valence-corrected chi connectivity index (χ4v) is 4.67. The van der Waals surface area contributed by atoms with E-state index in [1.807, 2.05) is 55.5 Å². The van der Waals surface area contributed by atoms with E-state index in [4.69, 9.17) is 0 Å². The number of amides is 1. The molecule has 0 aliphatic rings. The maximum absolute atomic E-state index is 13.1. The van der Waals surface area contributed by atoms with Crippen molar-refractivity contribution in [3.05, 3.63) is 99.3 Å². The number of hydrogen-bond acceptors (Lipinski definition) is 6. The van der Waals surface area contributed by atoms with Crippen molar-refractivity contribution in [1.82, 2.24) is 30.4 Å². The molecule has 3 aromatic carbocycles. The van der Waals surface area contributed by atoms with Crippen LogP contribution in [0.25, 0.3) is 22.5 Å². The van der Waals surface area contributed by atoms with E-state index >= 15 is 0 Å². The van der Waals surface area contributed by atoms with Crippen LogP contribution in [-0.4, -0.2) is 36.3 Å². The molecule has 0 aliphatic heterocycles. The average molecular weight is 536 g/mol. The van der Waals surface area contributed by atoms with Gasteiger partial charge in [-0.1, -0.05) is 72.9 Å². The number of carbonyl (C=O) groups excluding carboxylic acids is 1.